The zero-order valence-corrected chi connectivity index (χ0v) is 12.2. The van der Waals surface area contributed by atoms with Crippen LogP contribution in [0.1, 0.15) is 37.9 Å². The predicted octanol–water partition coefficient (Wildman–Crippen LogP) is 2.38. The number of carbonyl (C=O) groups is 1. The van der Waals surface area contributed by atoms with Crippen LogP contribution in [0.5, 0.6) is 5.75 Å². The number of hydrogen-bond donors (Lipinski definition) is 1. The van der Waals surface area contributed by atoms with E-state index in [1.54, 1.807) is 36.3 Å². The highest BCUT2D eigenvalue weighted by atomic mass is 16.5. The normalized spacial score (nSPS) is 21.1. The van der Waals surface area contributed by atoms with Crippen LogP contribution in [0.2, 0.25) is 0 Å². The number of rotatable bonds is 3. The lowest BCUT2D eigenvalue weighted by atomic mass is 10.0. The second kappa shape index (κ2) is 6.75. The lowest BCUT2D eigenvalue weighted by Crippen LogP contribution is -2.36. The van der Waals surface area contributed by atoms with Crippen molar-refractivity contribution < 1.29 is 14.6 Å². The standard InChI is InChI=1S/C16H23NO3/c1-12-5-4-9-17(10-8-12)16(19)15(18)13-6-3-7-14(11-13)20-2/h3,6-7,11-12,15,18H,4-5,8-10H2,1-2H3. The van der Waals surface area contributed by atoms with Crippen molar-refractivity contribution in [3.8, 4) is 5.75 Å². The third-order valence-electron chi connectivity index (χ3n) is 3.97. The molecule has 110 valence electrons. The Morgan fingerprint density at radius 1 is 1.40 bits per heavy atom. The molecule has 1 aromatic carbocycles. The van der Waals surface area contributed by atoms with Crippen LogP contribution in [0.15, 0.2) is 24.3 Å². The SMILES string of the molecule is COc1cccc(C(O)C(=O)N2CCCC(C)CC2)c1. The number of hydrogen-bond acceptors (Lipinski definition) is 3. The Morgan fingerprint density at radius 3 is 2.95 bits per heavy atom. The number of amides is 1. The van der Waals surface area contributed by atoms with E-state index < -0.39 is 6.10 Å². The van der Waals surface area contributed by atoms with Gasteiger partial charge in [-0.3, -0.25) is 4.79 Å². The van der Waals surface area contributed by atoms with Crippen molar-refractivity contribution >= 4 is 5.91 Å². The average molecular weight is 277 g/mol. The Hall–Kier alpha value is -1.55. The summed E-state index contributed by atoms with van der Waals surface area (Å²) in [4.78, 5) is 14.2. The first kappa shape index (κ1) is 14.9. The molecular formula is C16H23NO3. The van der Waals surface area contributed by atoms with Gasteiger partial charge < -0.3 is 14.7 Å². The molecule has 0 aliphatic carbocycles. The molecule has 1 aromatic rings. The molecule has 4 nitrogen and oxygen atoms in total. The molecule has 2 unspecified atom stereocenters. The van der Waals surface area contributed by atoms with Crippen LogP contribution in [0.3, 0.4) is 0 Å². The number of likely N-dealkylation sites (tertiary alicyclic amines) is 1. The minimum Gasteiger partial charge on any atom is -0.497 e. The summed E-state index contributed by atoms with van der Waals surface area (Å²) in [6.45, 7) is 3.69. The molecule has 0 bridgehead atoms. The lowest BCUT2D eigenvalue weighted by Gasteiger charge is -2.23. The van der Waals surface area contributed by atoms with E-state index in [9.17, 15) is 9.90 Å². The van der Waals surface area contributed by atoms with E-state index in [1.165, 1.54) is 0 Å². The topological polar surface area (TPSA) is 49.8 Å². The van der Waals surface area contributed by atoms with Crippen LogP contribution in [0, 0.1) is 5.92 Å². The highest BCUT2D eigenvalue weighted by Gasteiger charge is 2.25. The Kier molecular flexibility index (Phi) is 5.01. The van der Waals surface area contributed by atoms with Crippen LogP contribution < -0.4 is 4.74 Å². The first-order valence-electron chi connectivity index (χ1n) is 7.22. The van der Waals surface area contributed by atoms with Crippen molar-refractivity contribution in [1.82, 2.24) is 4.90 Å². The van der Waals surface area contributed by atoms with Gasteiger partial charge >= 0.3 is 0 Å². The van der Waals surface area contributed by atoms with E-state index in [-0.39, 0.29) is 5.91 Å². The average Bonchev–Trinajstić information content (AvgIpc) is 2.70. The Morgan fingerprint density at radius 2 is 2.20 bits per heavy atom. The molecule has 1 amide bonds. The summed E-state index contributed by atoms with van der Waals surface area (Å²) in [6.07, 6.45) is 2.08. The molecule has 2 atom stereocenters. The maximum Gasteiger partial charge on any atom is 0.256 e. The molecule has 0 saturated carbocycles. The quantitative estimate of drug-likeness (QED) is 0.923. The largest absolute Gasteiger partial charge is 0.497 e. The first-order valence-corrected chi connectivity index (χ1v) is 7.22. The van der Waals surface area contributed by atoms with Crippen LogP contribution in [0.4, 0.5) is 0 Å². The van der Waals surface area contributed by atoms with Gasteiger partial charge in [-0.2, -0.15) is 0 Å². The van der Waals surface area contributed by atoms with Gasteiger partial charge in [-0.25, -0.2) is 0 Å². The second-order valence-electron chi connectivity index (χ2n) is 5.54. The molecule has 1 fully saturated rings. The third-order valence-corrected chi connectivity index (χ3v) is 3.97. The summed E-state index contributed by atoms with van der Waals surface area (Å²) >= 11 is 0. The molecule has 0 spiro atoms. The monoisotopic (exact) mass is 277 g/mol. The summed E-state index contributed by atoms with van der Waals surface area (Å²) in [6, 6.07) is 7.05. The summed E-state index contributed by atoms with van der Waals surface area (Å²) in [5.74, 6) is 1.10. The first-order chi connectivity index (χ1) is 9.61. The maximum absolute atomic E-state index is 12.4. The zero-order valence-electron chi connectivity index (χ0n) is 12.2. The molecule has 1 N–H and O–H groups in total. The van der Waals surface area contributed by atoms with E-state index in [1.807, 2.05) is 0 Å². The van der Waals surface area contributed by atoms with Gasteiger partial charge in [-0.15, -0.1) is 0 Å². The van der Waals surface area contributed by atoms with Crippen LogP contribution in [-0.2, 0) is 4.79 Å². The second-order valence-corrected chi connectivity index (χ2v) is 5.54. The fraction of sp³-hybridized carbons (Fsp3) is 0.562. The Bertz CT molecular complexity index is 461. The molecule has 2 rings (SSSR count). The molecular weight excluding hydrogens is 254 g/mol. The summed E-state index contributed by atoms with van der Waals surface area (Å²) < 4.78 is 5.13. The van der Waals surface area contributed by atoms with Crippen molar-refractivity contribution in [2.24, 2.45) is 5.92 Å². The van der Waals surface area contributed by atoms with E-state index >= 15 is 0 Å². The van der Waals surface area contributed by atoms with Gasteiger partial charge in [0.15, 0.2) is 6.10 Å². The maximum atomic E-state index is 12.4. The van der Waals surface area contributed by atoms with E-state index in [2.05, 4.69) is 6.92 Å². The van der Waals surface area contributed by atoms with Crippen molar-refractivity contribution in [3.63, 3.8) is 0 Å². The van der Waals surface area contributed by atoms with Gasteiger partial charge in [0.05, 0.1) is 7.11 Å². The minimum atomic E-state index is -1.10. The zero-order chi connectivity index (χ0) is 14.5. The van der Waals surface area contributed by atoms with Crippen molar-refractivity contribution in [1.29, 1.82) is 0 Å². The molecule has 1 aliphatic heterocycles. The summed E-state index contributed by atoms with van der Waals surface area (Å²) in [5, 5.41) is 10.3. The van der Waals surface area contributed by atoms with E-state index in [4.69, 9.17) is 4.74 Å². The number of aliphatic hydroxyl groups excluding tert-OH is 1. The minimum absolute atomic E-state index is 0.202. The van der Waals surface area contributed by atoms with E-state index in [0.29, 0.717) is 17.2 Å². The molecule has 0 radical (unpaired) electrons. The fourth-order valence-corrected chi connectivity index (χ4v) is 2.61. The van der Waals surface area contributed by atoms with Crippen molar-refractivity contribution in [2.75, 3.05) is 20.2 Å². The number of carbonyl (C=O) groups excluding carboxylic acids is 1. The highest BCUT2D eigenvalue weighted by molar-refractivity contribution is 5.82. The smallest absolute Gasteiger partial charge is 0.256 e. The molecule has 0 aromatic heterocycles. The van der Waals surface area contributed by atoms with Gasteiger partial charge in [-0.05, 0) is 42.9 Å². The van der Waals surface area contributed by atoms with Crippen molar-refractivity contribution in [2.45, 2.75) is 32.3 Å². The van der Waals surface area contributed by atoms with Gasteiger partial charge in [0.2, 0.25) is 0 Å². The highest BCUT2D eigenvalue weighted by Crippen LogP contribution is 2.23. The molecule has 1 heterocycles. The Balaban J connectivity index is 2.07. The number of nitrogens with zero attached hydrogens (tertiary/aromatic N) is 1. The van der Waals surface area contributed by atoms with Gasteiger partial charge in [0, 0.05) is 13.1 Å². The molecule has 1 saturated heterocycles. The molecule has 20 heavy (non-hydrogen) atoms. The summed E-state index contributed by atoms with van der Waals surface area (Å²) in [7, 11) is 1.57. The summed E-state index contributed by atoms with van der Waals surface area (Å²) in [5.41, 5.74) is 0.589. The van der Waals surface area contributed by atoms with Gasteiger partial charge in [-0.1, -0.05) is 19.1 Å². The van der Waals surface area contributed by atoms with Crippen LogP contribution >= 0.6 is 0 Å². The van der Waals surface area contributed by atoms with Crippen molar-refractivity contribution in [3.05, 3.63) is 29.8 Å². The van der Waals surface area contributed by atoms with Gasteiger partial charge in [0.25, 0.3) is 5.91 Å². The van der Waals surface area contributed by atoms with Crippen LogP contribution in [0.25, 0.3) is 0 Å². The van der Waals surface area contributed by atoms with E-state index in [0.717, 1.165) is 32.4 Å². The number of aliphatic hydroxyl groups is 1. The van der Waals surface area contributed by atoms with Crippen LogP contribution in [-0.4, -0.2) is 36.1 Å². The fourth-order valence-electron chi connectivity index (χ4n) is 2.61. The molecule has 1 aliphatic rings. The number of benzene rings is 1. The number of methoxy groups -OCH3 is 1. The third kappa shape index (κ3) is 3.51. The number of ether oxygens (including phenoxy) is 1. The molecule has 4 heteroatoms. The predicted molar refractivity (Wildman–Crippen MR) is 77.5 cm³/mol. The Labute approximate surface area is 120 Å². The lowest BCUT2D eigenvalue weighted by molar-refractivity contribution is -0.140. The van der Waals surface area contributed by atoms with Gasteiger partial charge in [0.1, 0.15) is 5.75 Å².